The Labute approximate surface area is 143 Å². The van der Waals surface area contributed by atoms with Crippen LogP contribution in [0.15, 0.2) is 30.3 Å². The minimum absolute atomic E-state index is 0.137. The molecule has 0 aromatic heterocycles. The third-order valence-corrected chi connectivity index (χ3v) is 3.30. The number of amides is 2. The van der Waals surface area contributed by atoms with E-state index in [1.165, 1.54) is 0 Å². The minimum Gasteiger partial charge on any atom is -0.444 e. The van der Waals surface area contributed by atoms with E-state index in [9.17, 15) is 14.7 Å². The van der Waals surface area contributed by atoms with Gasteiger partial charge in [-0.15, -0.1) is 0 Å². The van der Waals surface area contributed by atoms with Crippen LogP contribution in [0.3, 0.4) is 0 Å². The molecule has 0 bridgehead atoms. The molecule has 0 aliphatic heterocycles. The molecule has 2 amide bonds. The summed E-state index contributed by atoms with van der Waals surface area (Å²) >= 11 is 0. The fourth-order valence-corrected chi connectivity index (χ4v) is 2.20. The third kappa shape index (κ3) is 7.00. The van der Waals surface area contributed by atoms with E-state index >= 15 is 0 Å². The average Bonchev–Trinajstić information content (AvgIpc) is 2.51. The lowest BCUT2D eigenvalue weighted by Crippen LogP contribution is -2.49. The minimum atomic E-state index is -0.685. The molecular formula is C18H28N2O4. The topological polar surface area (TPSA) is 78.9 Å². The van der Waals surface area contributed by atoms with Crippen LogP contribution in [0.1, 0.15) is 39.7 Å². The predicted octanol–water partition coefficient (Wildman–Crippen LogP) is 2.31. The van der Waals surface area contributed by atoms with Gasteiger partial charge in [0, 0.05) is 13.1 Å². The number of benzene rings is 1. The second kappa shape index (κ2) is 9.27. The molecule has 0 fully saturated rings. The van der Waals surface area contributed by atoms with Crippen LogP contribution in [0.5, 0.6) is 0 Å². The van der Waals surface area contributed by atoms with E-state index in [4.69, 9.17) is 4.74 Å². The smallest absolute Gasteiger partial charge is 0.408 e. The van der Waals surface area contributed by atoms with Gasteiger partial charge in [0.2, 0.25) is 5.91 Å². The largest absolute Gasteiger partial charge is 0.444 e. The lowest BCUT2D eigenvalue weighted by atomic mass is 10.1. The van der Waals surface area contributed by atoms with Crippen molar-refractivity contribution in [1.29, 1.82) is 0 Å². The first kappa shape index (κ1) is 20.0. The van der Waals surface area contributed by atoms with Crippen LogP contribution in [0, 0.1) is 0 Å². The predicted molar refractivity (Wildman–Crippen MR) is 92.4 cm³/mol. The standard InChI is InChI=1S/C18H28N2O4/c1-5-15(19-17(23)24-18(2,3)4)16(22)20(11-12-21)13-14-9-7-6-8-10-14/h6-10,15,21H,5,11-13H2,1-4H3,(H,19,23). The van der Waals surface area contributed by atoms with Gasteiger partial charge in [0.25, 0.3) is 0 Å². The summed E-state index contributed by atoms with van der Waals surface area (Å²) in [6.45, 7) is 7.57. The van der Waals surface area contributed by atoms with Crippen molar-refractivity contribution in [2.75, 3.05) is 13.2 Å². The molecule has 0 heterocycles. The van der Waals surface area contributed by atoms with Gasteiger partial charge in [-0.25, -0.2) is 4.79 Å². The Balaban J connectivity index is 2.77. The Morgan fingerprint density at radius 1 is 1.25 bits per heavy atom. The molecule has 1 atom stereocenters. The number of carbonyl (C=O) groups is 2. The molecule has 0 aliphatic rings. The zero-order valence-electron chi connectivity index (χ0n) is 14.9. The average molecular weight is 336 g/mol. The van der Waals surface area contributed by atoms with E-state index < -0.39 is 17.7 Å². The fraction of sp³-hybridized carbons (Fsp3) is 0.556. The number of hydrogen-bond donors (Lipinski definition) is 2. The highest BCUT2D eigenvalue weighted by Crippen LogP contribution is 2.10. The van der Waals surface area contributed by atoms with Gasteiger partial charge in [-0.1, -0.05) is 37.3 Å². The molecule has 0 radical (unpaired) electrons. The molecule has 0 aliphatic carbocycles. The number of ether oxygens (including phenoxy) is 1. The van der Waals surface area contributed by atoms with Crippen LogP contribution in [0.2, 0.25) is 0 Å². The maximum Gasteiger partial charge on any atom is 0.408 e. The molecule has 6 nitrogen and oxygen atoms in total. The molecule has 0 spiro atoms. The number of hydrogen-bond acceptors (Lipinski definition) is 4. The van der Waals surface area contributed by atoms with Gasteiger partial charge >= 0.3 is 6.09 Å². The number of carbonyl (C=O) groups excluding carboxylic acids is 2. The Bertz CT molecular complexity index is 526. The number of aliphatic hydroxyl groups is 1. The Morgan fingerprint density at radius 2 is 1.88 bits per heavy atom. The van der Waals surface area contributed by atoms with Crippen LogP contribution in [0.25, 0.3) is 0 Å². The van der Waals surface area contributed by atoms with Crippen molar-refractivity contribution in [1.82, 2.24) is 10.2 Å². The molecule has 1 rings (SSSR count). The van der Waals surface area contributed by atoms with Gasteiger partial charge in [-0.05, 0) is 32.8 Å². The first-order chi connectivity index (χ1) is 11.3. The Kier molecular flexibility index (Phi) is 7.71. The molecule has 6 heteroatoms. The molecule has 2 N–H and O–H groups in total. The monoisotopic (exact) mass is 336 g/mol. The van der Waals surface area contributed by atoms with Crippen LogP contribution in [0.4, 0.5) is 4.79 Å². The van der Waals surface area contributed by atoms with Gasteiger partial charge in [0.15, 0.2) is 0 Å². The molecule has 1 aromatic carbocycles. The van der Waals surface area contributed by atoms with Crippen molar-refractivity contribution in [3.63, 3.8) is 0 Å². The maximum atomic E-state index is 12.7. The molecule has 0 saturated carbocycles. The third-order valence-electron chi connectivity index (χ3n) is 3.30. The SMILES string of the molecule is CCC(NC(=O)OC(C)(C)C)C(=O)N(CCO)Cc1ccccc1. The van der Waals surface area contributed by atoms with Crippen LogP contribution >= 0.6 is 0 Å². The summed E-state index contributed by atoms with van der Waals surface area (Å²) in [6.07, 6.45) is -0.180. The summed E-state index contributed by atoms with van der Waals surface area (Å²) < 4.78 is 5.21. The van der Waals surface area contributed by atoms with Gasteiger partial charge in [-0.3, -0.25) is 4.79 Å². The summed E-state index contributed by atoms with van der Waals surface area (Å²) in [5, 5.41) is 11.9. The molecule has 24 heavy (non-hydrogen) atoms. The number of nitrogens with one attached hydrogen (secondary N) is 1. The van der Waals surface area contributed by atoms with Gasteiger partial charge < -0.3 is 20.1 Å². The van der Waals surface area contributed by atoms with E-state index in [0.29, 0.717) is 13.0 Å². The van der Waals surface area contributed by atoms with Crippen molar-refractivity contribution in [2.45, 2.75) is 52.3 Å². The summed E-state index contributed by atoms with van der Waals surface area (Å²) in [5.74, 6) is -0.235. The van der Waals surface area contributed by atoms with Gasteiger partial charge in [-0.2, -0.15) is 0 Å². The quantitative estimate of drug-likeness (QED) is 0.801. The van der Waals surface area contributed by atoms with Crippen molar-refractivity contribution >= 4 is 12.0 Å². The van der Waals surface area contributed by atoms with E-state index in [0.717, 1.165) is 5.56 Å². The normalized spacial score (nSPS) is 12.4. The summed E-state index contributed by atoms with van der Waals surface area (Å²) in [5.41, 5.74) is 0.340. The lowest BCUT2D eigenvalue weighted by Gasteiger charge is -2.28. The van der Waals surface area contributed by atoms with E-state index in [-0.39, 0.29) is 19.1 Å². The molecular weight excluding hydrogens is 308 g/mol. The highest BCUT2D eigenvalue weighted by Gasteiger charge is 2.26. The van der Waals surface area contributed by atoms with Crippen molar-refractivity contribution in [3.8, 4) is 0 Å². The number of alkyl carbamates (subject to hydrolysis) is 1. The number of nitrogens with zero attached hydrogens (tertiary/aromatic N) is 1. The Hall–Kier alpha value is -2.08. The molecule has 0 saturated heterocycles. The molecule has 1 aromatic rings. The maximum absolute atomic E-state index is 12.7. The van der Waals surface area contributed by atoms with Crippen molar-refractivity contribution in [2.24, 2.45) is 0 Å². The zero-order chi connectivity index (χ0) is 18.2. The molecule has 1 unspecified atom stereocenters. The van der Waals surface area contributed by atoms with Crippen LogP contribution in [-0.2, 0) is 16.1 Å². The summed E-state index contributed by atoms with van der Waals surface area (Å²) in [4.78, 5) is 26.2. The first-order valence-electron chi connectivity index (χ1n) is 8.20. The van der Waals surface area contributed by atoms with E-state index in [2.05, 4.69) is 5.32 Å². The van der Waals surface area contributed by atoms with Crippen LogP contribution in [-0.4, -0.2) is 46.8 Å². The fourth-order valence-electron chi connectivity index (χ4n) is 2.20. The highest BCUT2D eigenvalue weighted by molar-refractivity contribution is 5.85. The van der Waals surface area contributed by atoms with Crippen molar-refractivity contribution < 1.29 is 19.4 Å². The second-order valence-corrected chi connectivity index (χ2v) is 6.58. The first-order valence-corrected chi connectivity index (χ1v) is 8.20. The lowest BCUT2D eigenvalue weighted by molar-refractivity contribution is -0.134. The van der Waals surface area contributed by atoms with E-state index in [1.54, 1.807) is 25.7 Å². The number of aliphatic hydroxyl groups excluding tert-OH is 1. The number of rotatable bonds is 7. The van der Waals surface area contributed by atoms with Gasteiger partial charge in [0.1, 0.15) is 11.6 Å². The summed E-state index contributed by atoms with van der Waals surface area (Å²) in [6, 6.07) is 8.84. The van der Waals surface area contributed by atoms with Gasteiger partial charge in [0.05, 0.1) is 6.61 Å². The second-order valence-electron chi connectivity index (χ2n) is 6.58. The zero-order valence-corrected chi connectivity index (χ0v) is 14.9. The van der Waals surface area contributed by atoms with Crippen molar-refractivity contribution in [3.05, 3.63) is 35.9 Å². The summed E-state index contributed by atoms with van der Waals surface area (Å²) in [7, 11) is 0. The van der Waals surface area contributed by atoms with E-state index in [1.807, 2.05) is 37.3 Å². The Morgan fingerprint density at radius 3 is 2.38 bits per heavy atom. The van der Waals surface area contributed by atoms with Crippen LogP contribution < -0.4 is 5.32 Å². The highest BCUT2D eigenvalue weighted by atomic mass is 16.6. The molecule has 134 valence electrons.